The summed E-state index contributed by atoms with van der Waals surface area (Å²) in [6, 6.07) is 7.72. The van der Waals surface area contributed by atoms with Gasteiger partial charge in [0.05, 0.1) is 6.61 Å². The molecule has 1 aromatic rings. The highest BCUT2D eigenvalue weighted by Gasteiger charge is 2.17. The summed E-state index contributed by atoms with van der Waals surface area (Å²) in [7, 11) is 0. The summed E-state index contributed by atoms with van der Waals surface area (Å²) in [5, 5.41) is 20.9. The van der Waals surface area contributed by atoms with Gasteiger partial charge in [-0.15, -0.1) is 0 Å². The lowest BCUT2D eigenvalue weighted by molar-refractivity contribution is 0.108. The third-order valence-electron chi connectivity index (χ3n) is 3.68. The van der Waals surface area contributed by atoms with Crippen LogP contribution in [0.2, 0.25) is 0 Å². The Morgan fingerprint density at radius 2 is 1.80 bits per heavy atom. The fourth-order valence-electron chi connectivity index (χ4n) is 2.52. The number of aliphatic hydroxyl groups is 1. The molecule has 0 atom stereocenters. The fourth-order valence-corrected chi connectivity index (χ4v) is 2.52. The highest BCUT2D eigenvalue weighted by molar-refractivity contribution is 5.98. The van der Waals surface area contributed by atoms with Gasteiger partial charge >= 0.3 is 0 Å². The third-order valence-corrected chi connectivity index (χ3v) is 3.68. The molecule has 6 heteroatoms. The summed E-state index contributed by atoms with van der Waals surface area (Å²) in [5.41, 5.74) is 7.56. The molecule has 0 spiro atoms. The minimum absolute atomic E-state index is 0.152. The molecule has 0 bridgehead atoms. The minimum atomic E-state index is 0.152. The third kappa shape index (κ3) is 3.69. The number of rotatable bonds is 5. The molecular weight excluding hydrogens is 256 g/mol. The molecule has 1 aliphatic rings. The van der Waals surface area contributed by atoms with Gasteiger partial charge in [0.15, 0.2) is 5.84 Å². The average molecular weight is 278 g/mol. The first-order valence-electron chi connectivity index (χ1n) is 6.86. The highest BCUT2D eigenvalue weighted by Crippen LogP contribution is 2.13. The lowest BCUT2D eigenvalue weighted by Crippen LogP contribution is -2.46. The molecule has 1 aromatic carbocycles. The van der Waals surface area contributed by atoms with Gasteiger partial charge in [0, 0.05) is 44.8 Å². The molecule has 4 N–H and O–H groups in total. The Kier molecular flexibility index (Phi) is 5.34. The van der Waals surface area contributed by atoms with Gasteiger partial charge < -0.3 is 16.0 Å². The van der Waals surface area contributed by atoms with E-state index in [-0.39, 0.29) is 12.4 Å². The molecule has 1 heterocycles. The van der Waals surface area contributed by atoms with Gasteiger partial charge in [0.2, 0.25) is 0 Å². The summed E-state index contributed by atoms with van der Waals surface area (Å²) in [6.07, 6.45) is 0. The second-order valence-corrected chi connectivity index (χ2v) is 4.98. The van der Waals surface area contributed by atoms with E-state index in [9.17, 15) is 0 Å². The first-order chi connectivity index (χ1) is 9.74. The van der Waals surface area contributed by atoms with Crippen molar-refractivity contribution in [3.63, 3.8) is 0 Å². The van der Waals surface area contributed by atoms with Crippen molar-refractivity contribution in [1.82, 2.24) is 9.80 Å². The molecule has 0 amide bonds. The van der Waals surface area contributed by atoms with E-state index in [0.717, 1.165) is 50.4 Å². The lowest BCUT2D eigenvalue weighted by atomic mass is 10.1. The van der Waals surface area contributed by atoms with Crippen molar-refractivity contribution in [2.75, 3.05) is 39.3 Å². The molecule has 110 valence electrons. The topological polar surface area (TPSA) is 85.3 Å². The number of nitrogens with two attached hydrogens (primary N) is 1. The predicted octanol–water partition coefficient (Wildman–Crippen LogP) is -0.109. The maximum atomic E-state index is 8.94. The highest BCUT2D eigenvalue weighted by atomic mass is 16.4. The predicted molar refractivity (Wildman–Crippen MR) is 77.8 cm³/mol. The monoisotopic (exact) mass is 278 g/mol. The Balaban J connectivity index is 1.98. The van der Waals surface area contributed by atoms with Crippen molar-refractivity contribution in [2.45, 2.75) is 6.54 Å². The Hall–Kier alpha value is -1.63. The van der Waals surface area contributed by atoms with Crippen molar-refractivity contribution >= 4 is 5.84 Å². The van der Waals surface area contributed by atoms with E-state index in [0.29, 0.717) is 0 Å². The van der Waals surface area contributed by atoms with E-state index in [1.807, 2.05) is 24.3 Å². The zero-order valence-electron chi connectivity index (χ0n) is 11.6. The molecule has 20 heavy (non-hydrogen) atoms. The van der Waals surface area contributed by atoms with Crippen molar-refractivity contribution in [2.24, 2.45) is 10.9 Å². The fraction of sp³-hybridized carbons (Fsp3) is 0.500. The number of oxime groups is 1. The quantitative estimate of drug-likeness (QED) is 0.303. The van der Waals surface area contributed by atoms with Crippen molar-refractivity contribution in [3.8, 4) is 0 Å². The van der Waals surface area contributed by atoms with E-state index >= 15 is 0 Å². The van der Waals surface area contributed by atoms with Crippen LogP contribution in [0, 0.1) is 0 Å². The van der Waals surface area contributed by atoms with Gasteiger partial charge in [-0.25, -0.2) is 0 Å². The maximum absolute atomic E-state index is 8.94. The van der Waals surface area contributed by atoms with E-state index in [4.69, 9.17) is 16.0 Å². The number of nitrogens with zero attached hydrogens (tertiary/aromatic N) is 3. The van der Waals surface area contributed by atoms with Crippen LogP contribution in [0.4, 0.5) is 0 Å². The molecule has 1 fully saturated rings. The zero-order valence-corrected chi connectivity index (χ0v) is 11.6. The number of benzene rings is 1. The smallest absolute Gasteiger partial charge is 0.170 e. The van der Waals surface area contributed by atoms with Crippen LogP contribution >= 0.6 is 0 Å². The largest absolute Gasteiger partial charge is 0.409 e. The molecule has 0 aliphatic carbocycles. The second kappa shape index (κ2) is 7.23. The van der Waals surface area contributed by atoms with E-state index < -0.39 is 0 Å². The minimum Gasteiger partial charge on any atom is -0.409 e. The SMILES string of the molecule is N/C(=N\O)c1ccccc1CN1CCN(CCO)CC1. The number of aliphatic hydroxyl groups excluding tert-OH is 1. The average Bonchev–Trinajstić information content (AvgIpc) is 2.49. The molecule has 0 saturated carbocycles. The van der Waals surface area contributed by atoms with Gasteiger partial charge in [-0.2, -0.15) is 0 Å². The molecule has 1 saturated heterocycles. The number of amidine groups is 1. The van der Waals surface area contributed by atoms with Crippen LogP contribution in [0.3, 0.4) is 0 Å². The molecule has 0 unspecified atom stereocenters. The van der Waals surface area contributed by atoms with E-state index in [1.165, 1.54) is 0 Å². The van der Waals surface area contributed by atoms with Crippen LogP contribution in [0.15, 0.2) is 29.4 Å². The van der Waals surface area contributed by atoms with Crippen LogP contribution in [0.1, 0.15) is 11.1 Å². The number of piperazine rings is 1. The van der Waals surface area contributed by atoms with E-state index in [2.05, 4.69) is 15.0 Å². The lowest BCUT2D eigenvalue weighted by Gasteiger charge is -2.34. The Morgan fingerprint density at radius 1 is 1.15 bits per heavy atom. The van der Waals surface area contributed by atoms with Crippen LogP contribution in [-0.2, 0) is 6.54 Å². The van der Waals surface area contributed by atoms with Gasteiger partial charge in [-0.1, -0.05) is 29.4 Å². The van der Waals surface area contributed by atoms with Crippen LogP contribution in [-0.4, -0.2) is 65.3 Å². The van der Waals surface area contributed by atoms with E-state index in [1.54, 1.807) is 0 Å². The maximum Gasteiger partial charge on any atom is 0.170 e. The number of hydrogen-bond acceptors (Lipinski definition) is 5. The molecular formula is C14H22N4O2. The number of hydrogen-bond donors (Lipinski definition) is 3. The van der Waals surface area contributed by atoms with Crippen LogP contribution < -0.4 is 5.73 Å². The molecule has 0 aromatic heterocycles. The molecule has 2 rings (SSSR count). The summed E-state index contributed by atoms with van der Waals surface area (Å²) in [6.45, 7) is 5.61. The zero-order chi connectivity index (χ0) is 14.4. The normalized spacial score (nSPS) is 18.4. The molecule has 6 nitrogen and oxygen atoms in total. The number of β-amino-alcohol motifs (C(OH)–C–C–N with tert-alkyl or cyclic N) is 1. The van der Waals surface area contributed by atoms with Crippen molar-refractivity contribution in [3.05, 3.63) is 35.4 Å². The Bertz CT molecular complexity index is 456. The summed E-state index contributed by atoms with van der Waals surface area (Å²) in [5.74, 6) is 0.152. The van der Waals surface area contributed by atoms with Gasteiger partial charge in [-0.05, 0) is 5.56 Å². The van der Waals surface area contributed by atoms with Gasteiger partial charge in [0.25, 0.3) is 0 Å². The standard InChI is InChI=1S/C14H22N4O2/c15-14(16-20)13-4-2-1-3-12(13)11-18-7-5-17(6-8-18)9-10-19/h1-4,19-20H,5-11H2,(H2,15,16). The molecule has 0 radical (unpaired) electrons. The summed E-state index contributed by atoms with van der Waals surface area (Å²) in [4.78, 5) is 4.60. The summed E-state index contributed by atoms with van der Waals surface area (Å²) < 4.78 is 0. The van der Waals surface area contributed by atoms with Crippen molar-refractivity contribution in [1.29, 1.82) is 0 Å². The second-order valence-electron chi connectivity index (χ2n) is 4.98. The van der Waals surface area contributed by atoms with Crippen LogP contribution in [0.5, 0.6) is 0 Å². The molecule has 1 aliphatic heterocycles. The van der Waals surface area contributed by atoms with Gasteiger partial charge in [0.1, 0.15) is 0 Å². The van der Waals surface area contributed by atoms with Gasteiger partial charge in [-0.3, -0.25) is 9.80 Å². The van der Waals surface area contributed by atoms with Crippen LogP contribution in [0.25, 0.3) is 0 Å². The first kappa shape index (κ1) is 14.8. The first-order valence-corrected chi connectivity index (χ1v) is 6.86. The Morgan fingerprint density at radius 3 is 2.45 bits per heavy atom. The van der Waals surface area contributed by atoms with Crippen molar-refractivity contribution < 1.29 is 10.3 Å². The summed E-state index contributed by atoms with van der Waals surface area (Å²) >= 11 is 0. The Labute approximate surface area is 119 Å².